The van der Waals surface area contributed by atoms with E-state index in [1.165, 1.54) is 6.20 Å². The molecule has 0 aliphatic carbocycles. The summed E-state index contributed by atoms with van der Waals surface area (Å²) in [6.07, 6.45) is 2.29. The van der Waals surface area contributed by atoms with Gasteiger partial charge in [0.1, 0.15) is 12.4 Å². The Kier molecular flexibility index (Phi) is 3.96. The third-order valence-corrected chi connectivity index (χ3v) is 3.12. The molecule has 102 valence electrons. The molecule has 0 aromatic carbocycles. The highest BCUT2D eigenvalue weighted by Crippen LogP contribution is 2.11. The summed E-state index contributed by atoms with van der Waals surface area (Å²) < 4.78 is 0. The quantitative estimate of drug-likeness (QED) is 0.563. The van der Waals surface area contributed by atoms with Gasteiger partial charge in [-0.05, 0) is 18.6 Å². The third-order valence-electron chi connectivity index (χ3n) is 3.12. The highest BCUT2D eigenvalue weighted by atomic mass is 16.2. The molecule has 0 atom stereocenters. The molecule has 7 heteroatoms. The van der Waals surface area contributed by atoms with Crippen LogP contribution in [0.15, 0.2) is 18.3 Å². The van der Waals surface area contributed by atoms with E-state index in [0.29, 0.717) is 24.5 Å². The summed E-state index contributed by atoms with van der Waals surface area (Å²) in [5, 5.41) is 0. The molecular formula is C12H17N5O2. The molecule has 1 fully saturated rings. The van der Waals surface area contributed by atoms with Crippen molar-refractivity contribution in [1.82, 2.24) is 14.8 Å². The van der Waals surface area contributed by atoms with Crippen LogP contribution in [-0.4, -0.2) is 53.3 Å². The van der Waals surface area contributed by atoms with Gasteiger partial charge in [0.05, 0.1) is 0 Å². The molecule has 1 aliphatic heterocycles. The molecule has 1 aromatic heterocycles. The van der Waals surface area contributed by atoms with Gasteiger partial charge in [0, 0.05) is 31.9 Å². The molecule has 2 heterocycles. The lowest BCUT2D eigenvalue weighted by Gasteiger charge is -2.19. The summed E-state index contributed by atoms with van der Waals surface area (Å²) in [6.45, 7) is 1.36. The van der Waals surface area contributed by atoms with E-state index in [1.54, 1.807) is 29.0 Å². The van der Waals surface area contributed by atoms with Crippen molar-refractivity contribution in [3.8, 4) is 0 Å². The molecule has 3 N–H and O–H groups in total. The number of rotatable bonds is 2. The van der Waals surface area contributed by atoms with Gasteiger partial charge in [0.2, 0.25) is 5.91 Å². The molecule has 1 aliphatic rings. The smallest absolute Gasteiger partial charge is 0.254 e. The van der Waals surface area contributed by atoms with Crippen LogP contribution in [0.2, 0.25) is 0 Å². The summed E-state index contributed by atoms with van der Waals surface area (Å²) in [5.41, 5.74) is 2.87. The number of hydrazine groups is 1. The van der Waals surface area contributed by atoms with Crippen LogP contribution in [0.3, 0.4) is 0 Å². The van der Waals surface area contributed by atoms with Gasteiger partial charge in [-0.25, -0.2) is 10.8 Å². The Morgan fingerprint density at radius 1 is 1.47 bits per heavy atom. The number of nitrogens with two attached hydrogens (primary N) is 1. The SMILES string of the molecule is CN1CCCN(C(=O)c2ccnc(NN)c2)CC1=O. The molecule has 2 rings (SSSR count). The van der Waals surface area contributed by atoms with Crippen LogP contribution in [0.4, 0.5) is 5.82 Å². The molecule has 0 spiro atoms. The number of anilines is 1. The van der Waals surface area contributed by atoms with Crippen LogP contribution < -0.4 is 11.3 Å². The predicted octanol–water partition coefficient (Wildman–Crippen LogP) is -0.328. The number of nitrogen functional groups attached to an aromatic ring is 1. The van der Waals surface area contributed by atoms with Gasteiger partial charge in [-0.3, -0.25) is 9.59 Å². The molecule has 1 aromatic rings. The van der Waals surface area contributed by atoms with Gasteiger partial charge in [-0.1, -0.05) is 0 Å². The number of amides is 2. The van der Waals surface area contributed by atoms with E-state index in [0.717, 1.165) is 6.42 Å². The minimum atomic E-state index is -0.178. The van der Waals surface area contributed by atoms with Gasteiger partial charge < -0.3 is 15.2 Å². The van der Waals surface area contributed by atoms with E-state index in [9.17, 15) is 9.59 Å². The molecule has 0 unspecified atom stereocenters. The first-order valence-corrected chi connectivity index (χ1v) is 6.07. The summed E-state index contributed by atoms with van der Waals surface area (Å²) in [5.74, 6) is 5.46. The molecule has 19 heavy (non-hydrogen) atoms. The van der Waals surface area contributed by atoms with Crippen molar-refractivity contribution in [3.05, 3.63) is 23.9 Å². The van der Waals surface area contributed by atoms with E-state index in [1.807, 2.05) is 0 Å². The molecular weight excluding hydrogens is 246 g/mol. The van der Waals surface area contributed by atoms with Crippen LogP contribution in [0.25, 0.3) is 0 Å². The zero-order valence-corrected chi connectivity index (χ0v) is 10.8. The Morgan fingerprint density at radius 3 is 3.00 bits per heavy atom. The van der Waals surface area contributed by atoms with Crippen LogP contribution in [0.5, 0.6) is 0 Å². The van der Waals surface area contributed by atoms with Crippen LogP contribution >= 0.6 is 0 Å². The van der Waals surface area contributed by atoms with Crippen LogP contribution in [-0.2, 0) is 4.79 Å². The van der Waals surface area contributed by atoms with Crippen molar-refractivity contribution in [3.63, 3.8) is 0 Å². The van der Waals surface area contributed by atoms with Gasteiger partial charge >= 0.3 is 0 Å². The standard InChI is InChI=1S/C12H17N5O2/c1-16-5-2-6-17(8-11(16)18)12(19)9-3-4-14-10(7-9)15-13/h3-4,7H,2,5-6,8,13H2,1H3,(H,14,15). The van der Waals surface area contributed by atoms with E-state index < -0.39 is 0 Å². The zero-order valence-electron chi connectivity index (χ0n) is 10.8. The molecule has 0 radical (unpaired) electrons. The lowest BCUT2D eigenvalue weighted by Crippen LogP contribution is -2.38. The summed E-state index contributed by atoms with van der Waals surface area (Å²) >= 11 is 0. The lowest BCUT2D eigenvalue weighted by molar-refractivity contribution is -0.129. The van der Waals surface area contributed by atoms with Gasteiger partial charge in [-0.15, -0.1) is 0 Å². The second kappa shape index (κ2) is 5.66. The number of hydrogen-bond acceptors (Lipinski definition) is 5. The second-order valence-corrected chi connectivity index (χ2v) is 4.47. The monoisotopic (exact) mass is 263 g/mol. The third kappa shape index (κ3) is 3.00. The number of nitrogens with zero attached hydrogens (tertiary/aromatic N) is 3. The fourth-order valence-electron chi connectivity index (χ4n) is 1.98. The minimum absolute atomic E-state index is 0.0444. The first kappa shape index (κ1) is 13.3. The fourth-order valence-corrected chi connectivity index (χ4v) is 1.98. The maximum Gasteiger partial charge on any atom is 0.254 e. The molecule has 0 saturated carbocycles. The second-order valence-electron chi connectivity index (χ2n) is 4.47. The predicted molar refractivity (Wildman–Crippen MR) is 70.2 cm³/mol. The highest BCUT2D eigenvalue weighted by Gasteiger charge is 2.23. The minimum Gasteiger partial charge on any atom is -0.344 e. The van der Waals surface area contributed by atoms with Crippen LogP contribution in [0.1, 0.15) is 16.8 Å². The van der Waals surface area contributed by atoms with Gasteiger partial charge in [-0.2, -0.15) is 0 Å². The number of carbonyl (C=O) groups excluding carboxylic acids is 2. The Labute approximate surface area is 111 Å². The Morgan fingerprint density at radius 2 is 2.26 bits per heavy atom. The first-order valence-electron chi connectivity index (χ1n) is 6.07. The number of likely N-dealkylation sites (N-methyl/N-ethyl adjacent to an activating group) is 1. The topological polar surface area (TPSA) is 91.6 Å². The normalized spacial score (nSPS) is 16.2. The van der Waals surface area contributed by atoms with E-state index in [2.05, 4.69) is 10.4 Å². The average Bonchev–Trinajstić information content (AvgIpc) is 2.60. The van der Waals surface area contributed by atoms with Crippen molar-refractivity contribution < 1.29 is 9.59 Å². The number of carbonyl (C=O) groups is 2. The lowest BCUT2D eigenvalue weighted by atomic mass is 10.2. The van der Waals surface area contributed by atoms with Crippen molar-refractivity contribution in [1.29, 1.82) is 0 Å². The van der Waals surface area contributed by atoms with Crippen molar-refractivity contribution in [2.45, 2.75) is 6.42 Å². The summed E-state index contributed by atoms with van der Waals surface area (Å²) in [6, 6.07) is 3.18. The van der Waals surface area contributed by atoms with Crippen molar-refractivity contribution in [2.75, 3.05) is 32.1 Å². The van der Waals surface area contributed by atoms with Gasteiger partial charge in [0.15, 0.2) is 0 Å². The molecule has 2 amide bonds. The number of nitrogens with one attached hydrogen (secondary N) is 1. The maximum atomic E-state index is 12.3. The van der Waals surface area contributed by atoms with E-state index >= 15 is 0 Å². The largest absolute Gasteiger partial charge is 0.344 e. The highest BCUT2D eigenvalue weighted by molar-refractivity contribution is 5.97. The summed E-state index contributed by atoms with van der Waals surface area (Å²) in [4.78, 5) is 31.3. The van der Waals surface area contributed by atoms with Crippen molar-refractivity contribution in [2.24, 2.45) is 5.84 Å². The average molecular weight is 263 g/mol. The number of hydrogen-bond donors (Lipinski definition) is 2. The Hall–Kier alpha value is -2.15. The zero-order chi connectivity index (χ0) is 13.8. The van der Waals surface area contributed by atoms with Crippen LogP contribution in [0, 0.1) is 0 Å². The Balaban J connectivity index is 2.16. The maximum absolute atomic E-state index is 12.3. The van der Waals surface area contributed by atoms with Crippen molar-refractivity contribution >= 4 is 17.6 Å². The molecule has 1 saturated heterocycles. The molecule has 7 nitrogen and oxygen atoms in total. The number of aromatic nitrogens is 1. The number of pyridine rings is 1. The van der Waals surface area contributed by atoms with Gasteiger partial charge in [0.25, 0.3) is 5.91 Å². The fraction of sp³-hybridized carbons (Fsp3) is 0.417. The van der Waals surface area contributed by atoms with E-state index in [-0.39, 0.29) is 18.4 Å². The first-order chi connectivity index (χ1) is 9.11. The summed E-state index contributed by atoms with van der Waals surface area (Å²) in [7, 11) is 1.75. The Bertz CT molecular complexity index is 491. The molecule has 0 bridgehead atoms. The van der Waals surface area contributed by atoms with E-state index in [4.69, 9.17) is 5.84 Å².